The lowest BCUT2D eigenvalue weighted by Gasteiger charge is -2.09. The van der Waals surface area contributed by atoms with Gasteiger partial charge in [-0.15, -0.1) is 0 Å². The van der Waals surface area contributed by atoms with Crippen LogP contribution in [-0.2, 0) is 22.7 Å². The van der Waals surface area contributed by atoms with Gasteiger partial charge in [0.1, 0.15) is 0 Å². The molecular weight excluding hydrogens is 379 g/mol. The topological polar surface area (TPSA) is 64.0 Å². The number of hydrogen-bond acceptors (Lipinski definition) is 3. The third-order valence-corrected chi connectivity index (χ3v) is 5.21. The second-order valence-corrected chi connectivity index (χ2v) is 7.73. The minimum absolute atomic E-state index is 0.0795. The van der Waals surface area contributed by atoms with E-state index in [1.54, 1.807) is 18.2 Å². The predicted molar refractivity (Wildman–Crippen MR) is 94.8 cm³/mol. The normalized spacial score (nSPS) is 12.1. The standard InChI is InChI=1S/C18H16F3N3O2S/c1-13-5-7-17(8-6-13)27(25,26)23-16-10-22-24(12-16)11-14-3-2-4-15(9-14)18(19,20)21/h2-10,12,23H,11H2,1H3. The van der Waals surface area contributed by atoms with E-state index in [4.69, 9.17) is 0 Å². The summed E-state index contributed by atoms with van der Waals surface area (Å²) in [5, 5.41) is 4.00. The molecule has 0 saturated heterocycles. The summed E-state index contributed by atoms with van der Waals surface area (Å²) in [4.78, 5) is 0.110. The first-order valence-electron chi connectivity index (χ1n) is 7.91. The maximum absolute atomic E-state index is 12.8. The molecule has 1 aromatic heterocycles. The van der Waals surface area contributed by atoms with Crippen molar-refractivity contribution in [2.24, 2.45) is 0 Å². The van der Waals surface area contributed by atoms with Crippen LogP contribution in [0.3, 0.4) is 0 Å². The smallest absolute Gasteiger partial charge is 0.276 e. The Morgan fingerprint density at radius 3 is 2.48 bits per heavy atom. The SMILES string of the molecule is Cc1ccc(S(=O)(=O)Nc2cnn(Cc3cccc(C(F)(F)F)c3)c2)cc1. The molecule has 0 aliphatic rings. The monoisotopic (exact) mass is 395 g/mol. The lowest BCUT2D eigenvalue weighted by Crippen LogP contribution is -2.12. The van der Waals surface area contributed by atoms with E-state index in [0.717, 1.165) is 17.7 Å². The summed E-state index contributed by atoms with van der Waals surface area (Å²) in [6.07, 6.45) is -1.69. The lowest BCUT2D eigenvalue weighted by atomic mass is 10.1. The molecule has 0 radical (unpaired) electrons. The third kappa shape index (κ3) is 4.68. The predicted octanol–water partition coefficient (Wildman–Crippen LogP) is 4.06. The zero-order chi connectivity index (χ0) is 19.7. The molecule has 2 aromatic carbocycles. The summed E-state index contributed by atoms with van der Waals surface area (Å²) >= 11 is 0. The molecule has 27 heavy (non-hydrogen) atoms. The fourth-order valence-corrected chi connectivity index (χ4v) is 3.50. The van der Waals surface area contributed by atoms with Crippen molar-refractivity contribution in [3.63, 3.8) is 0 Å². The van der Waals surface area contributed by atoms with Gasteiger partial charge in [-0.3, -0.25) is 9.40 Å². The van der Waals surface area contributed by atoms with Crippen LogP contribution < -0.4 is 4.72 Å². The maximum Gasteiger partial charge on any atom is 0.416 e. The Hall–Kier alpha value is -2.81. The lowest BCUT2D eigenvalue weighted by molar-refractivity contribution is -0.137. The van der Waals surface area contributed by atoms with Gasteiger partial charge in [0, 0.05) is 6.20 Å². The van der Waals surface area contributed by atoms with Gasteiger partial charge >= 0.3 is 6.18 Å². The molecule has 3 aromatic rings. The van der Waals surface area contributed by atoms with E-state index < -0.39 is 21.8 Å². The number of aryl methyl sites for hydroxylation is 1. The minimum atomic E-state index is -4.42. The zero-order valence-electron chi connectivity index (χ0n) is 14.2. The molecule has 0 bridgehead atoms. The van der Waals surface area contributed by atoms with Crippen LogP contribution in [0.4, 0.5) is 18.9 Å². The molecule has 1 heterocycles. The van der Waals surface area contributed by atoms with Crippen LogP contribution in [0.2, 0.25) is 0 Å². The Morgan fingerprint density at radius 1 is 1.11 bits per heavy atom. The number of alkyl halides is 3. The van der Waals surface area contributed by atoms with Crippen LogP contribution >= 0.6 is 0 Å². The van der Waals surface area contributed by atoms with Crippen LogP contribution in [-0.4, -0.2) is 18.2 Å². The molecule has 0 amide bonds. The quantitative estimate of drug-likeness (QED) is 0.709. The van der Waals surface area contributed by atoms with Gasteiger partial charge in [-0.2, -0.15) is 18.3 Å². The van der Waals surface area contributed by atoms with Gasteiger partial charge < -0.3 is 0 Å². The highest BCUT2D eigenvalue weighted by Crippen LogP contribution is 2.29. The van der Waals surface area contributed by atoms with E-state index in [2.05, 4.69) is 9.82 Å². The summed E-state index contributed by atoms with van der Waals surface area (Å²) in [5.41, 5.74) is 0.818. The van der Waals surface area contributed by atoms with Gasteiger partial charge in [0.2, 0.25) is 0 Å². The first-order chi connectivity index (χ1) is 12.6. The molecule has 0 unspecified atom stereocenters. The fraction of sp³-hybridized carbons (Fsp3) is 0.167. The molecule has 0 aliphatic heterocycles. The highest BCUT2D eigenvalue weighted by atomic mass is 32.2. The molecule has 3 rings (SSSR count). The van der Waals surface area contributed by atoms with Crippen molar-refractivity contribution >= 4 is 15.7 Å². The molecule has 0 saturated carbocycles. The van der Waals surface area contributed by atoms with Crippen molar-refractivity contribution in [2.75, 3.05) is 4.72 Å². The number of nitrogens with one attached hydrogen (secondary N) is 1. The molecule has 5 nitrogen and oxygen atoms in total. The van der Waals surface area contributed by atoms with Crippen LogP contribution in [0.1, 0.15) is 16.7 Å². The van der Waals surface area contributed by atoms with E-state index in [1.165, 1.54) is 35.3 Å². The molecule has 0 aliphatic carbocycles. The van der Waals surface area contributed by atoms with Crippen LogP contribution in [0.15, 0.2) is 65.8 Å². The van der Waals surface area contributed by atoms with E-state index in [9.17, 15) is 21.6 Å². The Kier molecular flexibility index (Phi) is 4.97. The highest BCUT2D eigenvalue weighted by molar-refractivity contribution is 7.92. The second-order valence-electron chi connectivity index (χ2n) is 6.04. The van der Waals surface area contributed by atoms with Crippen molar-refractivity contribution < 1.29 is 21.6 Å². The van der Waals surface area contributed by atoms with E-state index in [-0.39, 0.29) is 17.1 Å². The van der Waals surface area contributed by atoms with Crippen molar-refractivity contribution in [1.29, 1.82) is 0 Å². The third-order valence-electron chi connectivity index (χ3n) is 3.82. The summed E-state index contributed by atoms with van der Waals surface area (Å²) in [6.45, 7) is 1.93. The van der Waals surface area contributed by atoms with Crippen LogP contribution in [0.5, 0.6) is 0 Å². The number of halogens is 3. The van der Waals surface area contributed by atoms with Crippen LogP contribution in [0.25, 0.3) is 0 Å². The van der Waals surface area contributed by atoms with Gasteiger partial charge in [0.15, 0.2) is 0 Å². The summed E-state index contributed by atoms with van der Waals surface area (Å²) < 4.78 is 66.8. The Morgan fingerprint density at radius 2 is 1.81 bits per heavy atom. The van der Waals surface area contributed by atoms with E-state index in [0.29, 0.717) is 5.56 Å². The zero-order valence-corrected chi connectivity index (χ0v) is 15.1. The van der Waals surface area contributed by atoms with Crippen molar-refractivity contribution in [2.45, 2.75) is 24.5 Å². The summed E-state index contributed by atoms with van der Waals surface area (Å²) in [6, 6.07) is 11.3. The van der Waals surface area contributed by atoms with Gasteiger partial charge in [0.05, 0.1) is 28.9 Å². The van der Waals surface area contributed by atoms with Crippen molar-refractivity contribution in [3.8, 4) is 0 Å². The molecule has 1 N–H and O–H groups in total. The number of rotatable bonds is 5. The largest absolute Gasteiger partial charge is 0.416 e. The first kappa shape index (κ1) is 19.0. The van der Waals surface area contributed by atoms with Crippen LogP contribution in [0, 0.1) is 6.92 Å². The maximum atomic E-state index is 12.8. The first-order valence-corrected chi connectivity index (χ1v) is 9.40. The Labute approximate surface area is 154 Å². The Balaban J connectivity index is 1.75. The molecule has 9 heteroatoms. The highest BCUT2D eigenvalue weighted by Gasteiger charge is 2.30. The van der Waals surface area contributed by atoms with Gasteiger partial charge in [-0.25, -0.2) is 8.42 Å². The summed E-state index contributed by atoms with van der Waals surface area (Å²) in [7, 11) is -3.77. The summed E-state index contributed by atoms with van der Waals surface area (Å²) in [5.74, 6) is 0. The molecule has 0 atom stereocenters. The average molecular weight is 395 g/mol. The Bertz CT molecular complexity index is 1040. The van der Waals surface area contributed by atoms with Crippen molar-refractivity contribution in [3.05, 3.63) is 77.6 Å². The number of hydrogen-bond donors (Lipinski definition) is 1. The molecule has 142 valence electrons. The van der Waals surface area contributed by atoms with E-state index >= 15 is 0 Å². The minimum Gasteiger partial charge on any atom is -0.276 e. The molecule has 0 fully saturated rings. The van der Waals surface area contributed by atoms with Gasteiger partial charge in [0.25, 0.3) is 10.0 Å². The molecule has 0 spiro atoms. The second kappa shape index (κ2) is 7.07. The molecular formula is C18H16F3N3O2S. The van der Waals surface area contributed by atoms with Gasteiger partial charge in [-0.05, 0) is 36.8 Å². The van der Waals surface area contributed by atoms with E-state index in [1.807, 2.05) is 6.92 Å². The fourth-order valence-electron chi connectivity index (χ4n) is 2.47. The number of benzene rings is 2. The number of nitrogens with zero attached hydrogens (tertiary/aromatic N) is 2. The number of anilines is 1. The number of aromatic nitrogens is 2. The average Bonchev–Trinajstić information content (AvgIpc) is 3.01. The van der Waals surface area contributed by atoms with Gasteiger partial charge in [-0.1, -0.05) is 29.8 Å². The number of sulfonamides is 1. The van der Waals surface area contributed by atoms with Crippen molar-refractivity contribution in [1.82, 2.24) is 9.78 Å².